The van der Waals surface area contributed by atoms with Crippen LogP contribution < -0.4 is 9.64 Å². The van der Waals surface area contributed by atoms with Crippen molar-refractivity contribution in [2.45, 2.75) is 0 Å². The molecule has 3 rings (SSSR count). The molecule has 2 amide bonds. The number of ether oxygens (including phenoxy) is 1. The lowest BCUT2D eigenvalue weighted by atomic mass is 10.1. The van der Waals surface area contributed by atoms with Crippen molar-refractivity contribution in [1.29, 1.82) is 5.26 Å². The van der Waals surface area contributed by atoms with E-state index in [4.69, 9.17) is 10.00 Å². The van der Waals surface area contributed by atoms with Crippen LogP contribution in [-0.2, 0) is 4.79 Å². The van der Waals surface area contributed by atoms with Crippen molar-refractivity contribution in [2.24, 2.45) is 0 Å². The maximum atomic E-state index is 12.7. The molecule has 1 aliphatic heterocycles. The van der Waals surface area contributed by atoms with E-state index in [2.05, 4.69) is 0 Å². The quantitative estimate of drug-likeness (QED) is 0.860. The molecule has 1 fully saturated rings. The molecule has 0 atom stereocenters. The summed E-state index contributed by atoms with van der Waals surface area (Å²) in [5.41, 5.74) is 1.39. The van der Waals surface area contributed by atoms with E-state index in [9.17, 15) is 9.59 Å². The number of rotatable bonds is 3. The largest absolute Gasteiger partial charge is 0.497 e. The summed E-state index contributed by atoms with van der Waals surface area (Å²) in [6.45, 7) is 0.782. The summed E-state index contributed by atoms with van der Waals surface area (Å²) >= 11 is 0. The predicted octanol–water partition coefficient (Wildman–Crippen LogP) is 2.06. The number of amides is 2. The molecule has 25 heavy (non-hydrogen) atoms. The van der Waals surface area contributed by atoms with Crippen molar-refractivity contribution >= 4 is 17.5 Å². The van der Waals surface area contributed by atoms with Gasteiger partial charge in [-0.25, -0.2) is 0 Å². The minimum Gasteiger partial charge on any atom is -0.497 e. The number of hydrogen-bond acceptors (Lipinski definition) is 4. The van der Waals surface area contributed by atoms with Crippen LogP contribution in [0, 0.1) is 11.3 Å². The van der Waals surface area contributed by atoms with Gasteiger partial charge in [-0.15, -0.1) is 0 Å². The number of carbonyl (C=O) groups is 2. The van der Waals surface area contributed by atoms with Crippen molar-refractivity contribution in [3.05, 3.63) is 59.7 Å². The maximum absolute atomic E-state index is 12.7. The molecule has 0 aliphatic carbocycles. The van der Waals surface area contributed by atoms with Crippen LogP contribution in [0.4, 0.5) is 5.69 Å². The van der Waals surface area contributed by atoms with Crippen LogP contribution in [0.3, 0.4) is 0 Å². The lowest BCUT2D eigenvalue weighted by Crippen LogP contribution is -2.52. The summed E-state index contributed by atoms with van der Waals surface area (Å²) in [5, 5.41) is 9.15. The highest BCUT2D eigenvalue weighted by Gasteiger charge is 2.29. The average Bonchev–Trinajstić information content (AvgIpc) is 2.67. The van der Waals surface area contributed by atoms with Crippen molar-refractivity contribution in [1.82, 2.24) is 4.90 Å². The lowest BCUT2D eigenvalue weighted by molar-refractivity contribution is -0.120. The number of hydrogen-bond donors (Lipinski definition) is 0. The number of carbonyl (C=O) groups excluding carboxylic acids is 2. The van der Waals surface area contributed by atoms with Gasteiger partial charge in [0.25, 0.3) is 5.91 Å². The van der Waals surface area contributed by atoms with Gasteiger partial charge in [-0.2, -0.15) is 5.26 Å². The Bertz CT molecular complexity index is 857. The third kappa shape index (κ3) is 3.31. The molecule has 1 aliphatic rings. The highest BCUT2D eigenvalue weighted by atomic mass is 16.5. The Hall–Kier alpha value is -3.33. The monoisotopic (exact) mass is 335 g/mol. The van der Waals surface area contributed by atoms with Crippen LogP contribution in [0.25, 0.3) is 0 Å². The Kier molecular flexibility index (Phi) is 4.66. The van der Waals surface area contributed by atoms with Gasteiger partial charge in [0.1, 0.15) is 12.3 Å². The summed E-state index contributed by atoms with van der Waals surface area (Å²) in [5.74, 6) is 0.213. The predicted molar refractivity (Wildman–Crippen MR) is 92.4 cm³/mol. The first-order valence-corrected chi connectivity index (χ1v) is 7.87. The second-order valence-electron chi connectivity index (χ2n) is 5.63. The molecule has 2 aromatic carbocycles. The molecule has 0 radical (unpaired) electrons. The standard InChI is InChI=1S/C19H17N3O3/c1-25-16-7-4-6-15(11-16)22-10-9-21(13-18(22)23)19(24)17-8-3-2-5-14(17)12-20/h2-8,11H,9-10,13H2,1H3. The fourth-order valence-electron chi connectivity index (χ4n) is 2.84. The van der Waals surface area contributed by atoms with Gasteiger partial charge in [-0.3, -0.25) is 9.59 Å². The molecular weight excluding hydrogens is 318 g/mol. The first-order chi connectivity index (χ1) is 12.1. The van der Waals surface area contributed by atoms with E-state index in [1.807, 2.05) is 24.3 Å². The zero-order chi connectivity index (χ0) is 17.8. The van der Waals surface area contributed by atoms with E-state index in [-0.39, 0.29) is 18.4 Å². The summed E-state index contributed by atoms with van der Waals surface area (Å²) in [6, 6.07) is 15.9. The minimum atomic E-state index is -0.296. The molecule has 0 unspecified atom stereocenters. The highest BCUT2D eigenvalue weighted by Crippen LogP contribution is 2.23. The molecule has 126 valence electrons. The number of anilines is 1. The summed E-state index contributed by atoms with van der Waals surface area (Å²) in [4.78, 5) is 28.3. The maximum Gasteiger partial charge on any atom is 0.255 e. The van der Waals surface area contributed by atoms with E-state index in [0.29, 0.717) is 30.0 Å². The van der Waals surface area contributed by atoms with E-state index in [1.165, 1.54) is 4.90 Å². The molecule has 6 nitrogen and oxygen atoms in total. The number of methoxy groups -OCH3 is 1. The zero-order valence-corrected chi connectivity index (χ0v) is 13.8. The van der Waals surface area contributed by atoms with E-state index >= 15 is 0 Å². The van der Waals surface area contributed by atoms with E-state index < -0.39 is 0 Å². The topological polar surface area (TPSA) is 73.6 Å². The van der Waals surface area contributed by atoms with Gasteiger partial charge in [0.15, 0.2) is 0 Å². The number of nitrogens with zero attached hydrogens (tertiary/aromatic N) is 3. The first kappa shape index (κ1) is 16.5. The van der Waals surface area contributed by atoms with Crippen LogP contribution >= 0.6 is 0 Å². The van der Waals surface area contributed by atoms with E-state index in [1.54, 1.807) is 42.3 Å². The first-order valence-electron chi connectivity index (χ1n) is 7.87. The Morgan fingerprint density at radius 3 is 2.68 bits per heavy atom. The fraction of sp³-hybridized carbons (Fsp3) is 0.211. The molecule has 6 heteroatoms. The molecular formula is C19H17N3O3. The summed E-state index contributed by atoms with van der Waals surface area (Å²) in [6.07, 6.45) is 0. The molecule has 2 aromatic rings. The lowest BCUT2D eigenvalue weighted by Gasteiger charge is -2.34. The van der Waals surface area contributed by atoms with Gasteiger partial charge in [-0.05, 0) is 24.3 Å². The third-order valence-corrected chi connectivity index (χ3v) is 4.15. The second-order valence-corrected chi connectivity index (χ2v) is 5.63. The highest BCUT2D eigenvalue weighted by molar-refractivity contribution is 6.02. The smallest absolute Gasteiger partial charge is 0.255 e. The Morgan fingerprint density at radius 1 is 1.16 bits per heavy atom. The van der Waals surface area contributed by atoms with Crippen molar-refractivity contribution in [2.75, 3.05) is 31.6 Å². The van der Waals surface area contributed by atoms with Gasteiger partial charge >= 0.3 is 0 Å². The fourth-order valence-corrected chi connectivity index (χ4v) is 2.84. The molecule has 1 heterocycles. The number of nitriles is 1. The van der Waals surface area contributed by atoms with Crippen LogP contribution in [0.5, 0.6) is 5.75 Å². The minimum absolute atomic E-state index is 0.0180. The Balaban J connectivity index is 1.76. The van der Waals surface area contributed by atoms with Gasteiger partial charge in [0.05, 0.1) is 24.3 Å². The third-order valence-electron chi connectivity index (χ3n) is 4.15. The average molecular weight is 335 g/mol. The van der Waals surface area contributed by atoms with Gasteiger partial charge in [-0.1, -0.05) is 18.2 Å². The SMILES string of the molecule is COc1cccc(N2CCN(C(=O)c3ccccc3C#N)CC2=O)c1. The zero-order valence-electron chi connectivity index (χ0n) is 13.8. The van der Waals surface area contributed by atoms with Crippen LogP contribution in [0.15, 0.2) is 48.5 Å². The van der Waals surface area contributed by atoms with Crippen molar-refractivity contribution < 1.29 is 14.3 Å². The van der Waals surface area contributed by atoms with Crippen molar-refractivity contribution in [3.63, 3.8) is 0 Å². The van der Waals surface area contributed by atoms with Gasteiger partial charge < -0.3 is 14.5 Å². The molecule has 0 saturated carbocycles. The van der Waals surface area contributed by atoms with Gasteiger partial charge in [0.2, 0.25) is 5.91 Å². The molecule has 0 bridgehead atoms. The molecule has 1 saturated heterocycles. The van der Waals surface area contributed by atoms with Crippen LogP contribution in [-0.4, -0.2) is 43.5 Å². The normalized spacial score (nSPS) is 14.2. The van der Waals surface area contributed by atoms with Crippen LogP contribution in [0.1, 0.15) is 15.9 Å². The molecule has 0 N–H and O–H groups in total. The summed E-state index contributed by atoms with van der Waals surface area (Å²) < 4.78 is 5.19. The summed E-state index contributed by atoms with van der Waals surface area (Å²) in [7, 11) is 1.57. The van der Waals surface area contributed by atoms with E-state index in [0.717, 1.165) is 5.69 Å². The second kappa shape index (κ2) is 7.05. The van der Waals surface area contributed by atoms with Crippen molar-refractivity contribution in [3.8, 4) is 11.8 Å². The molecule has 0 spiro atoms. The Morgan fingerprint density at radius 2 is 1.96 bits per heavy atom. The molecule has 0 aromatic heterocycles. The Labute approximate surface area is 145 Å². The van der Waals surface area contributed by atoms with Gasteiger partial charge in [0, 0.05) is 24.8 Å². The number of piperazine rings is 1. The number of benzene rings is 2. The van der Waals surface area contributed by atoms with Crippen LogP contribution in [0.2, 0.25) is 0 Å².